The molecule has 5 nitrogen and oxygen atoms in total. The maximum atomic E-state index is 12.1. The average Bonchev–Trinajstić information content (AvgIpc) is 2.47. The van der Waals surface area contributed by atoms with Crippen LogP contribution in [0, 0.1) is 22.7 Å². The summed E-state index contributed by atoms with van der Waals surface area (Å²) in [7, 11) is -4.08. The molecule has 2 aromatic carbocycles. The van der Waals surface area contributed by atoms with E-state index in [1.165, 1.54) is 42.5 Å². The minimum absolute atomic E-state index is 0.0149. The van der Waals surface area contributed by atoms with Crippen LogP contribution in [0.25, 0.3) is 0 Å². The topological polar surface area (TPSA) is 90.9 Å². The highest BCUT2D eigenvalue weighted by Crippen LogP contribution is 2.21. The van der Waals surface area contributed by atoms with Gasteiger partial charge in [-0.25, -0.2) is 0 Å². The van der Waals surface area contributed by atoms with Crippen LogP contribution in [-0.4, -0.2) is 8.42 Å². The zero-order valence-electron chi connectivity index (χ0n) is 10.1. The molecule has 6 heteroatoms. The Hall–Kier alpha value is -2.83. The molecule has 0 unspecified atom stereocenters. The van der Waals surface area contributed by atoms with E-state index in [9.17, 15) is 8.42 Å². The highest BCUT2D eigenvalue weighted by atomic mass is 32.2. The lowest BCUT2D eigenvalue weighted by molar-refractivity contribution is 0.486. The van der Waals surface area contributed by atoms with E-state index in [2.05, 4.69) is 0 Å². The molecule has 20 heavy (non-hydrogen) atoms. The fourth-order valence-corrected chi connectivity index (χ4v) is 2.62. The van der Waals surface area contributed by atoms with Crippen LogP contribution in [0.3, 0.4) is 0 Å². The van der Waals surface area contributed by atoms with Crippen molar-refractivity contribution >= 4 is 10.1 Å². The Kier molecular flexibility index (Phi) is 3.69. The summed E-state index contributed by atoms with van der Waals surface area (Å²) in [4.78, 5) is -0.188. The first-order chi connectivity index (χ1) is 9.56. The highest BCUT2D eigenvalue weighted by molar-refractivity contribution is 7.87. The smallest absolute Gasteiger partial charge is 0.340 e. The quantitative estimate of drug-likeness (QED) is 0.806. The van der Waals surface area contributed by atoms with Crippen LogP contribution in [0.4, 0.5) is 0 Å². The van der Waals surface area contributed by atoms with Crippen LogP contribution in [0.15, 0.2) is 53.4 Å². The molecular weight excluding hydrogens is 276 g/mol. The number of nitrogens with zero attached hydrogens (tertiary/aromatic N) is 2. The fraction of sp³-hybridized carbons (Fsp3) is 0. The van der Waals surface area contributed by atoms with Crippen LogP contribution in [0.5, 0.6) is 5.75 Å². The first-order valence-corrected chi connectivity index (χ1v) is 6.91. The van der Waals surface area contributed by atoms with Crippen LogP contribution in [-0.2, 0) is 10.1 Å². The molecule has 0 spiro atoms. The van der Waals surface area contributed by atoms with E-state index < -0.39 is 10.1 Å². The van der Waals surface area contributed by atoms with Gasteiger partial charge in [-0.15, -0.1) is 0 Å². The molecule has 0 aromatic heterocycles. The van der Waals surface area contributed by atoms with Crippen molar-refractivity contribution in [2.45, 2.75) is 4.90 Å². The molecule has 0 aliphatic carbocycles. The summed E-state index contributed by atoms with van der Waals surface area (Å²) in [6.07, 6.45) is 0. The van der Waals surface area contributed by atoms with E-state index >= 15 is 0 Å². The monoisotopic (exact) mass is 284 g/mol. The second kappa shape index (κ2) is 5.43. The summed E-state index contributed by atoms with van der Waals surface area (Å²) < 4.78 is 29.1. The first-order valence-electron chi connectivity index (χ1n) is 5.50. The Balaban J connectivity index is 2.36. The third kappa shape index (κ3) is 2.77. The molecule has 0 heterocycles. The van der Waals surface area contributed by atoms with E-state index in [0.29, 0.717) is 5.56 Å². The van der Waals surface area contributed by atoms with Crippen molar-refractivity contribution in [3.05, 3.63) is 59.7 Å². The Morgan fingerprint density at radius 3 is 2.15 bits per heavy atom. The summed E-state index contributed by atoms with van der Waals surface area (Å²) in [6, 6.07) is 15.2. The van der Waals surface area contributed by atoms with Crippen molar-refractivity contribution in [1.82, 2.24) is 0 Å². The molecule has 0 bridgehead atoms. The van der Waals surface area contributed by atoms with Crippen LogP contribution in [0.2, 0.25) is 0 Å². The van der Waals surface area contributed by atoms with Crippen molar-refractivity contribution in [2.75, 3.05) is 0 Å². The average molecular weight is 284 g/mol. The second-order valence-corrected chi connectivity index (χ2v) is 5.30. The second-order valence-electron chi connectivity index (χ2n) is 3.78. The molecule has 0 fully saturated rings. The van der Waals surface area contributed by atoms with Gasteiger partial charge < -0.3 is 4.18 Å². The standard InChI is InChI=1S/C14H8N2O3S/c15-9-11-5-7-13(8-6-11)19-20(17,18)14-4-2-1-3-12(14)10-16/h1-8H. The molecule has 0 aliphatic rings. The third-order valence-corrected chi connectivity index (χ3v) is 3.77. The maximum Gasteiger partial charge on any atom is 0.340 e. The van der Waals surface area contributed by atoms with E-state index in [4.69, 9.17) is 14.7 Å². The lowest BCUT2D eigenvalue weighted by atomic mass is 10.2. The number of benzene rings is 2. The minimum atomic E-state index is -4.08. The fourth-order valence-electron chi connectivity index (χ4n) is 1.53. The number of hydrogen-bond donors (Lipinski definition) is 0. The van der Waals surface area contributed by atoms with Gasteiger partial charge in [0.05, 0.1) is 17.2 Å². The van der Waals surface area contributed by atoms with Gasteiger partial charge in [-0.2, -0.15) is 18.9 Å². The van der Waals surface area contributed by atoms with Gasteiger partial charge in [0, 0.05) is 0 Å². The highest BCUT2D eigenvalue weighted by Gasteiger charge is 2.20. The molecule has 0 aliphatic heterocycles. The summed E-state index contributed by atoms with van der Waals surface area (Å²) in [5.74, 6) is 0.0803. The van der Waals surface area contributed by atoms with E-state index in [-0.39, 0.29) is 16.2 Å². The molecule has 0 saturated heterocycles. The van der Waals surface area contributed by atoms with Gasteiger partial charge in [0.1, 0.15) is 16.7 Å². The van der Waals surface area contributed by atoms with E-state index in [1.807, 2.05) is 6.07 Å². The van der Waals surface area contributed by atoms with Crippen molar-refractivity contribution in [3.63, 3.8) is 0 Å². The van der Waals surface area contributed by atoms with Crippen molar-refractivity contribution in [2.24, 2.45) is 0 Å². The number of hydrogen-bond acceptors (Lipinski definition) is 5. The van der Waals surface area contributed by atoms with E-state index in [0.717, 1.165) is 0 Å². The lowest BCUT2D eigenvalue weighted by Crippen LogP contribution is -2.11. The minimum Gasteiger partial charge on any atom is -0.379 e. The van der Waals surface area contributed by atoms with Crippen molar-refractivity contribution < 1.29 is 12.6 Å². The Labute approximate surface area is 116 Å². The SMILES string of the molecule is N#Cc1ccc(OS(=O)(=O)c2ccccc2C#N)cc1. The van der Waals surface area contributed by atoms with Gasteiger partial charge in [0.15, 0.2) is 0 Å². The molecule has 2 aromatic rings. The molecular formula is C14H8N2O3S. The Morgan fingerprint density at radius 2 is 1.55 bits per heavy atom. The molecule has 98 valence electrons. The summed E-state index contributed by atoms with van der Waals surface area (Å²) in [6.45, 7) is 0. The van der Waals surface area contributed by atoms with Crippen molar-refractivity contribution in [1.29, 1.82) is 10.5 Å². The van der Waals surface area contributed by atoms with Crippen LogP contribution in [0.1, 0.15) is 11.1 Å². The zero-order chi connectivity index (χ0) is 14.6. The summed E-state index contributed by atoms with van der Waals surface area (Å²) in [5.41, 5.74) is 0.410. The molecule has 0 saturated carbocycles. The normalized spacial score (nSPS) is 10.3. The molecule has 0 amide bonds. The predicted octanol–water partition coefficient (Wildman–Crippen LogP) is 2.20. The lowest BCUT2D eigenvalue weighted by Gasteiger charge is -2.07. The molecule has 0 atom stereocenters. The van der Waals surface area contributed by atoms with Gasteiger partial charge >= 0.3 is 10.1 Å². The van der Waals surface area contributed by atoms with Gasteiger partial charge in [0.25, 0.3) is 0 Å². The first kappa shape index (κ1) is 13.6. The maximum absolute atomic E-state index is 12.1. The summed E-state index contributed by atoms with van der Waals surface area (Å²) in [5, 5.41) is 17.6. The molecule has 0 N–H and O–H groups in total. The molecule has 2 rings (SSSR count). The van der Waals surface area contributed by atoms with Gasteiger partial charge in [-0.1, -0.05) is 12.1 Å². The van der Waals surface area contributed by atoms with Crippen LogP contribution >= 0.6 is 0 Å². The zero-order valence-corrected chi connectivity index (χ0v) is 11.0. The number of rotatable bonds is 3. The van der Waals surface area contributed by atoms with Crippen LogP contribution < -0.4 is 4.18 Å². The Morgan fingerprint density at radius 1 is 0.900 bits per heavy atom. The Bertz CT molecular complexity index is 813. The van der Waals surface area contributed by atoms with Gasteiger partial charge in [-0.3, -0.25) is 0 Å². The molecule has 0 radical (unpaired) electrons. The largest absolute Gasteiger partial charge is 0.379 e. The van der Waals surface area contributed by atoms with Gasteiger partial charge in [0.2, 0.25) is 0 Å². The van der Waals surface area contributed by atoms with Crippen molar-refractivity contribution in [3.8, 4) is 17.9 Å². The predicted molar refractivity (Wildman–Crippen MR) is 70.1 cm³/mol. The third-order valence-electron chi connectivity index (χ3n) is 2.47. The summed E-state index contributed by atoms with van der Waals surface area (Å²) >= 11 is 0. The number of nitriles is 2. The van der Waals surface area contributed by atoms with E-state index in [1.54, 1.807) is 12.1 Å². The van der Waals surface area contributed by atoms with Gasteiger partial charge in [-0.05, 0) is 36.4 Å².